The predicted octanol–water partition coefficient (Wildman–Crippen LogP) is 1.36. The zero-order chi connectivity index (χ0) is 13.1. The van der Waals surface area contributed by atoms with Crippen LogP contribution in [0.4, 0.5) is 4.39 Å². The van der Waals surface area contributed by atoms with E-state index in [1.165, 1.54) is 30.3 Å². The molecule has 0 bridgehead atoms. The lowest BCUT2D eigenvalue weighted by Crippen LogP contribution is -2.18. The molecule has 5 heteroatoms. The van der Waals surface area contributed by atoms with Crippen LogP contribution in [0.3, 0.4) is 0 Å². The van der Waals surface area contributed by atoms with Crippen LogP contribution in [0.25, 0.3) is 0 Å². The van der Waals surface area contributed by atoms with Gasteiger partial charge in [0.25, 0.3) is 5.56 Å². The number of pyridine rings is 1. The van der Waals surface area contributed by atoms with Crippen molar-refractivity contribution in [3.8, 4) is 11.8 Å². The lowest BCUT2D eigenvalue weighted by Gasteiger charge is -1.97. The standard InChI is InChI=1S/C13H6BClFNO/c14-11-7-9(13(18)17-12(11)15)4-1-8-2-5-10(16)6-3-8/h2-3,5-7H,(H,17,18). The number of hydrogen-bond donors (Lipinski definition) is 1. The lowest BCUT2D eigenvalue weighted by atomic mass is 9.97. The first-order chi connectivity index (χ1) is 8.56. The van der Waals surface area contributed by atoms with Crippen LogP contribution in [0, 0.1) is 17.7 Å². The van der Waals surface area contributed by atoms with Crippen molar-refractivity contribution in [2.75, 3.05) is 0 Å². The average Bonchev–Trinajstić information content (AvgIpc) is 2.34. The highest BCUT2D eigenvalue weighted by Crippen LogP contribution is 2.01. The maximum atomic E-state index is 12.7. The molecule has 0 saturated heterocycles. The number of aromatic nitrogens is 1. The molecule has 1 heterocycles. The molecule has 0 aliphatic heterocycles. The molecule has 2 aromatic rings. The first-order valence-electron chi connectivity index (χ1n) is 5.02. The number of benzene rings is 1. The van der Waals surface area contributed by atoms with E-state index in [9.17, 15) is 9.18 Å². The number of aromatic amines is 1. The molecule has 2 rings (SSSR count). The van der Waals surface area contributed by atoms with Gasteiger partial charge in [0, 0.05) is 5.56 Å². The van der Waals surface area contributed by atoms with Gasteiger partial charge >= 0.3 is 0 Å². The molecule has 0 amide bonds. The van der Waals surface area contributed by atoms with Gasteiger partial charge in [0.05, 0.1) is 5.56 Å². The van der Waals surface area contributed by atoms with Crippen molar-refractivity contribution in [1.82, 2.24) is 4.98 Å². The van der Waals surface area contributed by atoms with Crippen LogP contribution in [0.2, 0.25) is 5.15 Å². The molecule has 0 aliphatic rings. The predicted molar refractivity (Wildman–Crippen MR) is 69.8 cm³/mol. The van der Waals surface area contributed by atoms with E-state index in [1.54, 1.807) is 0 Å². The summed E-state index contributed by atoms with van der Waals surface area (Å²) in [5.74, 6) is 5.06. The number of nitrogens with one attached hydrogen (secondary N) is 1. The molecule has 2 nitrogen and oxygen atoms in total. The third-order valence-corrected chi connectivity index (χ3v) is 2.52. The Bertz CT molecular complexity index is 698. The molecule has 0 unspecified atom stereocenters. The highest BCUT2D eigenvalue weighted by Gasteiger charge is 2.00. The molecule has 2 radical (unpaired) electrons. The Hall–Kier alpha value is -1.99. The largest absolute Gasteiger partial charge is 0.312 e. The smallest absolute Gasteiger partial charge is 0.264 e. The van der Waals surface area contributed by atoms with E-state index in [2.05, 4.69) is 16.8 Å². The number of halogens is 2. The van der Waals surface area contributed by atoms with E-state index in [0.717, 1.165) is 0 Å². The summed E-state index contributed by atoms with van der Waals surface area (Å²) < 4.78 is 12.7. The molecular weight excluding hydrogens is 251 g/mol. The Kier molecular flexibility index (Phi) is 3.54. The fourth-order valence-corrected chi connectivity index (χ4v) is 1.43. The molecule has 1 aromatic carbocycles. The minimum Gasteiger partial charge on any atom is -0.312 e. The molecule has 1 N–H and O–H groups in total. The molecular formula is C13H6BClFNO. The maximum Gasteiger partial charge on any atom is 0.264 e. The van der Waals surface area contributed by atoms with Gasteiger partial charge in [0.1, 0.15) is 18.8 Å². The molecule has 0 saturated carbocycles. The van der Waals surface area contributed by atoms with Crippen molar-refractivity contribution in [1.29, 1.82) is 0 Å². The zero-order valence-electron chi connectivity index (χ0n) is 9.13. The van der Waals surface area contributed by atoms with Crippen LogP contribution >= 0.6 is 11.6 Å². The topological polar surface area (TPSA) is 32.9 Å². The summed E-state index contributed by atoms with van der Waals surface area (Å²) in [6, 6.07) is 7.04. The highest BCUT2D eigenvalue weighted by molar-refractivity contribution is 6.44. The van der Waals surface area contributed by atoms with Crippen molar-refractivity contribution in [2.24, 2.45) is 0 Å². The second kappa shape index (κ2) is 5.11. The van der Waals surface area contributed by atoms with Crippen LogP contribution in [-0.4, -0.2) is 12.8 Å². The Morgan fingerprint density at radius 2 is 1.89 bits per heavy atom. The fourth-order valence-electron chi connectivity index (χ4n) is 1.29. The molecule has 18 heavy (non-hydrogen) atoms. The van der Waals surface area contributed by atoms with Gasteiger partial charge in [0.15, 0.2) is 0 Å². The van der Waals surface area contributed by atoms with Gasteiger partial charge < -0.3 is 4.98 Å². The average molecular weight is 257 g/mol. The van der Waals surface area contributed by atoms with Gasteiger partial charge in [-0.05, 0) is 30.3 Å². The first kappa shape index (κ1) is 12.5. The molecule has 0 fully saturated rings. The summed E-state index contributed by atoms with van der Waals surface area (Å²) in [6.07, 6.45) is 0. The monoisotopic (exact) mass is 257 g/mol. The lowest BCUT2D eigenvalue weighted by molar-refractivity contribution is 0.627. The summed E-state index contributed by atoms with van der Waals surface area (Å²) in [5.41, 5.74) is 0.647. The number of rotatable bonds is 0. The molecule has 0 aliphatic carbocycles. The zero-order valence-corrected chi connectivity index (χ0v) is 9.88. The fraction of sp³-hybridized carbons (Fsp3) is 0. The van der Waals surface area contributed by atoms with E-state index in [1.807, 2.05) is 0 Å². The van der Waals surface area contributed by atoms with Crippen molar-refractivity contribution < 1.29 is 4.39 Å². The summed E-state index contributed by atoms with van der Waals surface area (Å²) in [7, 11) is 5.56. The maximum absolute atomic E-state index is 12.7. The minimum absolute atomic E-state index is 0.0901. The van der Waals surface area contributed by atoms with Gasteiger partial charge in [-0.25, -0.2) is 4.39 Å². The molecule has 1 aromatic heterocycles. The van der Waals surface area contributed by atoms with Gasteiger partial charge in [-0.1, -0.05) is 28.9 Å². The Labute approximate surface area is 109 Å². The number of H-pyrrole nitrogens is 1. The summed E-state index contributed by atoms with van der Waals surface area (Å²) in [4.78, 5) is 13.9. The Morgan fingerprint density at radius 1 is 1.22 bits per heavy atom. The number of hydrogen-bond acceptors (Lipinski definition) is 1. The third kappa shape index (κ3) is 2.82. The van der Waals surface area contributed by atoms with Gasteiger partial charge in [0.2, 0.25) is 0 Å². The van der Waals surface area contributed by atoms with Crippen LogP contribution in [0.5, 0.6) is 0 Å². The van der Waals surface area contributed by atoms with Crippen LogP contribution in [0.1, 0.15) is 11.1 Å². The van der Waals surface area contributed by atoms with E-state index < -0.39 is 5.56 Å². The van der Waals surface area contributed by atoms with Crippen LogP contribution < -0.4 is 11.0 Å². The van der Waals surface area contributed by atoms with Crippen molar-refractivity contribution in [3.63, 3.8) is 0 Å². The van der Waals surface area contributed by atoms with E-state index in [0.29, 0.717) is 5.56 Å². The van der Waals surface area contributed by atoms with Gasteiger partial charge in [-0.3, -0.25) is 4.79 Å². The van der Waals surface area contributed by atoms with Gasteiger partial charge in [-0.2, -0.15) is 0 Å². The third-order valence-electron chi connectivity index (χ3n) is 2.21. The van der Waals surface area contributed by atoms with Crippen LogP contribution in [0.15, 0.2) is 35.1 Å². The second-order valence-corrected chi connectivity index (χ2v) is 3.92. The van der Waals surface area contributed by atoms with Gasteiger partial charge in [-0.15, -0.1) is 0 Å². The SMILES string of the molecule is [B]c1cc(C#Cc2ccc(F)cc2)c(=O)[nH]c1Cl. The molecule has 0 spiro atoms. The quantitative estimate of drug-likeness (QED) is 0.431. The Balaban J connectivity index is 2.38. The first-order valence-corrected chi connectivity index (χ1v) is 5.40. The van der Waals surface area contributed by atoms with Crippen molar-refractivity contribution >= 4 is 24.9 Å². The Morgan fingerprint density at radius 3 is 2.56 bits per heavy atom. The van der Waals surface area contributed by atoms with E-state index in [4.69, 9.17) is 19.4 Å². The molecule has 0 atom stereocenters. The normalized spacial score (nSPS) is 9.67. The summed E-state index contributed by atoms with van der Waals surface area (Å²) >= 11 is 5.65. The van der Waals surface area contributed by atoms with Crippen LogP contribution in [-0.2, 0) is 0 Å². The van der Waals surface area contributed by atoms with E-state index in [-0.39, 0.29) is 22.0 Å². The summed E-state index contributed by atoms with van der Waals surface area (Å²) in [5, 5.41) is 0.0901. The molecule has 86 valence electrons. The van der Waals surface area contributed by atoms with Crippen molar-refractivity contribution in [2.45, 2.75) is 0 Å². The van der Waals surface area contributed by atoms with Crippen molar-refractivity contribution in [3.05, 3.63) is 62.8 Å². The minimum atomic E-state index is -0.413. The van der Waals surface area contributed by atoms with E-state index >= 15 is 0 Å². The summed E-state index contributed by atoms with van der Waals surface area (Å²) in [6.45, 7) is 0. The highest BCUT2D eigenvalue weighted by atomic mass is 35.5. The second-order valence-electron chi connectivity index (χ2n) is 3.54.